The summed E-state index contributed by atoms with van der Waals surface area (Å²) in [7, 11) is 1.55. The molecule has 4 heterocycles. The van der Waals surface area contributed by atoms with Crippen LogP contribution in [0.25, 0.3) is 21.7 Å². The minimum absolute atomic E-state index is 0.0122. The summed E-state index contributed by atoms with van der Waals surface area (Å²) in [6.07, 6.45) is -1.56. The smallest absolute Gasteiger partial charge is 0.416 e. The fourth-order valence-corrected chi connectivity index (χ4v) is 8.01. The molecule has 0 spiro atoms. The van der Waals surface area contributed by atoms with Gasteiger partial charge in [0.25, 0.3) is 11.5 Å². The molecule has 2 amide bonds. The minimum atomic E-state index is -4.49. The number of aromatic amines is 1. The van der Waals surface area contributed by atoms with E-state index in [0.717, 1.165) is 42.3 Å². The number of rotatable bonds is 10. The van der Waals surface area contributed by atoms with Gasteiger partial charge in [-0.15, -0.1) is 0 Å². The molecule has 4 N–H and O–H groups in total. The molecule has 340 valence electrons. The number of piperazine rings is 1. The minimum Gasteiger partial charge on any atom is -0.493 e. The first-order valence-corrected chi connectivity index (χ1v) is 21.3. The Kier molecular flexibility index (Phi) is 12.9. The highest BCUT2D eigenvalue weighted by Gasteiger charge is 2.36. The van der Waals surface area contributed by atoms with Gasteiger partial charge < -0.3 is 35.1 Å². The zero-order valence-electron chi connectivity index (χ0n) is 36.0. The standard InChI is InChI=1S/C24H23FN4O3.C23H25F3N4O3/c25-20-8-5-15(14-21-17-3-1-2-4-18(17)22(30)27-26-21)13-19(20)24(32)29-11-9-28(10-12-29)23(31)16-6-7-16;1-12(14-6-15(23(24,25)26)8-16(27)7-14)28-22-18-9-21(33-17-4-5-32-11-17)20(31-3)10-19(18)29-13(2)30-22/h1-5,8,13,16H,6-7,9-12,14H2,(H,27,30);6-10,12,17H,4-5,11,27H2,1-3H3,(H,28,29,30). The molecule has 65 heavy (non-hydrogen) atoms. The molecule has 2 unspecified atom stereocenters. The summed E-state index contributed by atoms with van der Waals surface area (Å²) in [6.45, 7) is 6.36. The number of H-pyrrole nitrogens is 1. The third-order valence-corrected chi connectivity index (χ3v) is 11.6. The number of hydrogen-bond donors (Lipinski definition) is 3. The van der Waals surface area contributed by atoms with Gasteiger partial charge in [-0.2, -0.15) is 18.3 Å². The van der Waals surface area contributed by atoms with Crippen LogP contribution in [0.3, 0.4) is 0 Å². The van der Waals surface area contributed by atoms with Crippen molar-refractivity contribution in [2.45, 2.75) is 57.9 Å². The van der Waals surface area contributed by atoms with Crippen molar-refractivity contribution in [2.24, 2.45) is 5.92 Å². The Balaban J connectivity index is 0.000000177. The van der Waals surface area contributed by atoms with Gasteiger partial charge in [0, 0.05) is 67.5 Å². The van der Waals surface area contributed by atoms with Crippen molar-refractivity contribution >= 4 is 45.0 Å². The number of carbonyl (C=O) groups excluding carboxylic acids is 2. The quantitative estimate of drug-likeness (QED) is 0.0934. The number of anilines is 2. The Morgan fingerprint density at radius 1 is 0.938 bits per heavy atom. The van der Waals surface area contributed by atoms with Crippen LogP contribution in [0.2, 0.25) is 0 Å². The summed E-state index contributed by atoms with van der Waals surface area (Å²) < 4.78 is 71.3. The van der Waals surface area contributed by atoms with Gasteiger partial charge >= 0.3 is 6.18 Å². The van der Waals surface area contributed by atoms with E-state index in [1.807, 2.05) is 12.1 Å². The van der Waals surface area contributed by atoms with E-state index in [-0.39, 0.29) is 40.6 Å². The lowest BCUT2D eigenvalue weighted by molar-refractivity contribution is -0.137. The number of halogens is 4. The fourth-order valence-electron chi connectivity index (χ4n) is 8.01. The van der Waals surface area contributed by atoms with Gasteiger partial charge in [0.05, 0.1) is 54.1 Å². The van der Waals surface area contributed by atoms with Crippen LogP contribution in [0.4, 0.5) is 29.1 Å². The molecule has 3 fully saturated rings. The van der Waals surface area contributed by atoms with Crippen molar-refractivity contribution in [2.75, 3.05) is 57.6 Å². The van der Waals surface area contributed by atoms with Gasteiger partial charge in [-0.1, -0.05) is 24.3 Å². The molecule has 1 saturated carbocycles. The third-order valence-electron chi connectivity index (χ3n) is 11.6. The molecule has 2 aromatic heterocycles. The Morgan fingerprint density at radius 2 is 1.68 bits per heavy atom. The van der Waals surface area contributed by atoms with Crippen LogP contribution < -0.4 is 26.1 Å². The average molecular weight is 897 g/mol. The normalized spacial score (nSPS) is 16.8. The van der Waals surface area contributed by atoms with Gasteiger partial charge in [0.2, 0.25) is 5.91 Å². The number of hydrogen-bond acceptors (Lipinski definition) is 11. The second kappa shape index (κ2) is 18.7. The summed E-state index contributed by atoms with van der Waals surface area (Å²) in [6, 6.07) is 18.2. The summed E-state index contributed by atoms with van der Waals surface area (Å²) in [5.74, 6) is 1.40. The number of carbonyl (C=O) groups is 2. The molecule has 18 heteroatoms. The van der Waals surface area contributed by atoms with Crippen molar-refractivity contribution in [1.29, 1.82) is 0 Å². The predicted octanol–water partition coefficient (Wildman–Crippen LogP) is 7.24. The first-order chi connectivity index (χ1) is 31.1. The number of nitrogens with one attached hydrogen (secondary N) is 2. The fraction of sp³-hybridized carbons (Fsp3) is 0.362. The van der Waals surface area contributed by atoms with E-state index in [1.165, 1.54) is 12.1 Å². The summed E-state index contributed by atoms with van der Waals surface area (Å²) >= 11 is 0. The zero-order valence-corrected chi connectivity index (χ0v) is 36.0. The van der Waals surface area contributed by atoms with Crippen LogP contribution >= 0.6 is 0 Å². The summed E-state index contributed by atoms with van der Waals surface area (Å²) in [5, 5.41) is 11.8. The maximum absolute atomic E-state index is 14.6. The van der Waals surface area contributed by atoms with Crippen molar-refractivity contribution in [3.05, 3.63) is 123 Å². The lowest BCUT2D eigenvalue weighted by Crippen LogP contribution is -2.51. The van der Waals surface area contributed by atoms with Crippen molar-refractivity contribution in [3.8, 4) is 11.5 Å². The van der Waals surface area contributed by atoms with E-state index < -0.39 is 23.6 Å². The highest BCUT2D eigenvalue weighted by molar-refractivity contribution is 5.95. The molecule has 3 aliphatic rings. The second-order valence-corrected chi connectivity index (χ2v) is 16.4. The predicted molar refractivity (Wildman–Crippen MR) is 235 cm³/mol. The number of fused-ring (bicyclic) bond motifs is 2. The van der Waals surface area contributed by atoms with Gasteiger partial charge in [0.1, 0.15) is 23.6 Å². The van der Waals surface area contributed by atoms with Gasteiger partial charge in [-0.05, 0) is 80.3 Å². The molecule has 14 nitrogen and oxygen atoms in total. The number of amides is 2. The molecule has 9 rings (SSSR count). The number of nitrogens with two attached hydrogens (primary N) is 1. The highest BCUT2D eigenvalue weighted by Crippen LogP contribution is 2.38. The summed E-state index contributed by atoms with van der Waals surface area (Å²) in [5.41, 5.74) is 7.11. The molecule has 0 radical (unpaired) electrons. The van der Waals surface area contributed by atoms with Crippen LogP contribution in [0.1, 0.15) is 70.8 Å². The lowest BCUT2D eigenvalue weighted by atomic mass is 10.0. The Hall–Kier alpha value is -6.82. The highest BCUT2D eigenvalue weighted by atomic mass is 19.4. The van der Waals surface area contributed by atoms with Crippen LogP contribution in [-0.4, -0.2) is 94.4 Å². The van der Waals surface area contributed by atoms with E-state index in [0.29, 0.717) is 96.5 Å². The maximum Gasteiger partial charge on any atom is 0.416 e. The number of benzene rings is 4. The van der Waals surface area contributed by atoms with Crippen LogP contribution in [0.15, 0.2) is 77.6 Å². The molecule has 0 bridgehead atoms. The van der Waals surface area contributed by atoms with Gasteiger partial charge in [0.15, 0.2) is 11.5 Å². The van der Waals surface area contributed by atoms with Crippen molar-refractivity contribution in [1.82, 2.24) is 30.0 Å². The molecule has 1 aliphatic carbocycles. The summed E-state index contributed by atoms with van der Waals surface area (Å²) in [4.78, 5) is 49.6. The number of ether oxygens (including phenoxy) is 3. The first-order valence-electron chi connectivity index (χ1n) is 21.3. The van der Waals surface area contributed by atoms with E-state index in [9.17, 15) is 31.9 Å². The molecule has 2 atom stereocenters. The van der Waals surface area contributed by atoms with Crippen LogP contribution in [-0.2, 0) is 22.1 Å². The zero-order chi connectivity index (χ0) is 46.0. The van der Waals surface area contributed by atoms with E-state index in [1.54, 1.807) is 67.2 Å². The molecule has 6 aromatic rings. The Bertz CT molecular complexity index is 2800. The average Bonchev–Trinajstić information content (AvgIpc) is 4.02. The van der Waals surface area contributed by atoms with Crippen molar-refractivity contribution < 1.29 is 41.4 Å². The number of methoxy groups -OCH3 is 1. The first kappa shape index (κ1) is 44.8. The Morgan fingerprint density at radius 3 is 2.37 bits per heavy atom. The molecular weight excluding hydrogens is 849 g/mol. The number of nitrogens with zero attached hydrogens (tertiary/aromatic N) is 5. The molecule has 4 aromatic carbocycles. The monoisotopic (exact) mass is 896 g/mol. The SMILES string of the molecule is COc1cc2nc(C)nc(NC(C)c3cc(N)cc(C(F)(F)F)c3)c2cc1OC1CCOC1.O=C(c1cc(Cc2n[nH]c(=O)c3ccccc23)ccc1F)N1CCN(C(=O)C2CC2)CC1. The van der Waals surface area contributed by atoms with Crippen molar-refractivity contribution in [3.63, 3.8) is 0 Å². The van der Waals surface area contributed by atoms with Gasteiger partial charge in [-0.25, -0.2) is 19.5 Å². The van der Waals surface area contributed by atoms with E-state index >= 15 is 0 Å². The van der Waals surface area contributed by atoms with E-state index in [4.69, 9.17) is 19.9 Å². The second-order valence-electron chi connectivity index (χ2n) is 16.4. The van der Waals surface area contributed by atoms with Gasteiger partial charge in [-0.3, -0.25) is 14.4 Å². The maximum atomic E-state index is 14.6. The lowest BCUT2D eigenvalue weighted by Gasteiger charge is -2.35. The van der Waals surface area contributed by atoms with Crippen LogP contribution in [0, 0.1) is 18.7 Å². The number of nitrogen functional groups attached to an aromatic ring is 1. The molecular formula is C47H48F4N8O6. The van der Waals surface area contributed by atoms with E-state index in [2.05, 4.69) is 25.5 Å². The topological polar surface area (TPSA) is 178 Å². The number of aryl methyl sites for hydroxylation is 1. The third kappa shape index (κ3) is 10.3. The molecule has 2 saturated heterocycles. The molecule has 2 aliphatic heterocycles. The Labute approximate surface area is 371 Å². The van der Waals surface area contributed by atoms with Crippen LogP contribution in [0.5, 0.6) is 11.5 Å². The number of alkyl halides is 3. The number of aromatic nitrogens is 4. The largest absolute Gasteiger partial charge is 0.493 e.